The number of hydrogen-bond donors (Lipinski definition) is 1. The fraction of sp³-hybridized carbons (Fsp3) is 0.133. The number of ether oxygens (including phenoxy) is 2. The van der Waals surface area contributed by atoms with E-state index < -0.39 is 5.97 Å². The molecule has 0 aromatic heterocycles. The maximum atomic E-state index is 11.2. The number of rotatable bonds is 4. The van der Waals surface area contributed by atoms with Gasteiger partial charge in [-0.25, -0.2) is 4.79 Å². The van der Waals surface area contributed by atoms with Crippen LogP contribution in [-0.4, -0.2) is 18.2 Å². The largest absolute Gasteiger partial charge is 0.493 e. The maximum absolute atomic E-state index is 11.2. The van der Waals surface area contributed by atoms with Gasteiger partial charge in [0.15, 0.2) is 11.5 Å². The van der Waals surface area contributed by atoms with Gasteiger partial charge in [-0.3, -0.25) is 0 Å². The summed E-state index contributed by atoms with van der Waals surface area (Å²) in [5, 5.41) is 9.18. The van der Waals surface area contributed by atoms with Crippen LogP contribution in [0.4, 0.5) is 0 Å². The average molecular weight is 337 g/mol. The van der Waals surface area contributed by atoms with Crippen molar-refractivity contribution in [2.24, 2.45) is 0 Å². The van der Waals surface area contributed by atoms with Crippen molar-refractivity contribution < 1.29 is 19.4 Å². The van der Waals surface area contributed by atoms with Gasteiger partial charge >= 0.3 is 5.97 Å². The molecule has 0 saturated carbocycles. The Bertz CT molecular complexity index is 652. The third-order valence-electron chi connectivity index (χ3n) is 2.71. The van der Waals surface area contributed by atoms with E-state index in [0.29, 0.717) is 11.5 Å². The molecule has 0 radical (unpaired) electrons. The molecule has 2 rings (SSSR count). The molecule has 2 aromatic rings. The van der Waals surface area contributed by atoms with Crippen LogP contribution in [0.25, 0.3) is 0 Å². The first-order valence-corrected chi connectivity index (χ1v) is 6.66. The van der Waals surface area contributed by atoms with Crippen molar-refractivity contribution in [3.8, 4) is 17.2 Å². The molecule has 5 heteroatoms. The number of carboxylic acid groups (broad SMARTS) is 1. The van der Waals surface area contributed by atoms with E-state index >= 15 is 0 Å². The van der Waals surface area contributed by atoms with Gasteiger partial charge in [0.2, 0.25) is 0 Å². The third kappa shape index (κ3) is 3.11. The molecule has 0 aliphatic carbocycles. The fourth-order valence-corrected chi connectivity index (χ4v) is 2.07. The maximum Gasteiger partial charge on any atom is 0.339 e. The van der Waals surface area contributed by atoms with E-state index in [-0.39, 0.29) is 11.3 Å². The SMILES string of the molecule is COc1cc(C)ccc1Oc1cc(Br)ccc1C(=O)O. The summed E-state index contributed by atoms with van der Waals surface area (Å²) in [6.07, 6.45) is 0. The number of carboxylic acids is 1. The number of halogens is 1. The van der Waals surface area contributed by atoms with Gasteiger partial charge in [-0.2, -0.15) is 0 Å². The van der Waals surface area contributed by atoms with E-state index in [2.05, 4.69) is 15.9 Å². The van der Waals surface area contributed by atoms with Crippen LogP contribution in [0.15, 0.2) is 40.9 Å². The first-order valence-electron chi connectivity index (χ1n) is 5.86. The van der Waals surface area contributed by atoms with Gasteiger partial charge in [0.05, 0.1) is 7.11 Å². The van der Waals surface area contributed by atoms with Crippen LogP contribution >= 0.6 is 15.9 Å². The number of hydrogen-bond acceptors (Lipinski definition) is 3. The van der Waals surface area contributed by atoms with Crippen LogP contribution in [0.2, 0.25) is 0 Å². The number of aromatic carboxylic acids is 1. The predicted octanol–water partition coefficient (Wildman–Crippen LogP) is 4.26. The lowest BCUT2D eigenvalue weighted by Crippen LogP contribution is -2.00. The minimum atomic E-state index is -1.04. The van der Waals surface area contributed by atoms with E-state index in [1.807, 2.05) is 19.1 Å². The second-order valence-electron chi connectivity index (χ2n) is 4.20. The van der Waals surface area contributed by atoms with E-state index in [0.717, 1.165) is 10.0 Å². The van der Waals surface area contributed by atoms with Crippen LogP contribution in [0.3, 0.4) is 0 Å². The normalized spacial score (nSPS) is 10.2. The molecule has 1 N–H and O–H groups in total. The average Bonchev–Trinajstić information content (AvgIpc) is 2.40. The highest BCUT2D eigenvalue weighted by Crippen LogP contribution is 2.35. The molecule has 20 heavy (non-hydrogen) atoms. The van der Waals surface area contributed by atoms with Gasteiger partial charge < -0.3 is 14.6 Å². The van der Waals surface area contributed by atoms with E-state index in [1.165, 1.54) is 6.07 Å². The minimum absolute atomic E-state index is 0.0934. The van der Waals surface area contributed by atoms with Crippen LogP contribution in [0.1, 0.15) is 15.9 Å². The smallest absolute Gasteiger partial charge is 0.339 e. The Morgan fingerprint density at radius 2 is 1.85 bits per heavy atom. The second-order valence-corrected chi connectivity index (χ2v) is 5.12. The minimum Gasteiger partial charge on any atom is -0.493 e. The zero-order valence-corrected chi connectivity index (χ0v) is 12.6. The van der Waals surface area contributed by atoms with Gasteiger partial charge in [0, 0.05) is 4.47 Å². The van der Waals surface area contributed by atoms with Crippen molar-refractivity contribution in [2.75, 3.05) is 7.11 Å². The first kappa shape index (κ1) is 14.4. The topological polar surface area (TPSA) is 55.8 Å². The molecule has 0 heterocycles. The molecule has 0 saturated heterocycles. The number of methoxy groups -OCH3 is 1. The van der Waals surface area contributed by atoms with Gasteiger partial charge in [-0.05, 0) is 42.8 Å². The lowest BCUT2D eigenvalue weighted by Gasteiger charge is -2.13. The van der Waals surface area contributed by atoms with Crippen LogP contribution in [-0.2, 0) is 0 Å². The van der Waals surface area contributed by atoms with Crippen molar-refractivity contribution in [3.05, 3.63) is 52.0 Å². The summed E-state index contributed by atoms with van der Waals surface area (Å²) >= 11 is 3.30. The molecule has 4 nitrogen and oxygen atoms in total. The molecule has 104 valence electrons. The highest BCUT2D eigenvalue weighted by atomic mass is 79.9. The Balaban J connectivity index is 2.44. The van der Waals surface area contributed by atoms with Crippen molar-refractivity contribution >= 4 is 21.9 Å². The van der Waals surface area contributed by atoms with E-state index in [9.17, 15) is 9.90 Å². The Kier molecular flexibility index (Phi) is 4.29. The molecule has 0 unspecified atom stereocenters. The lowest BCUT2D eigenvalue weighted by atomic mass is 10.2. The molecule has 0 amide bonds. The van der Waals surface area contributed by atoms with E-state index in [1.54, 1.807) is 25.3 Å². The van der Waals surface area contributed by atoms with Crippen LogP contribution < -0.4 is 9.47 Å². The summed E-state index contributed by atoms with van der Waals surface area (Å²) in [6, 6.07) is 10.2. The highest BCUT2D eigenvalue weighted by Gasteiger charge is 2.14. The molecular formula is C15H13BrO4. The third-order valence-corrected chi connectivity index (χ3v) is 3.21. The van der Waals surface area contributed by atoms with Crippen molar-refractivity contribution in [2.45, 2.75) is 6.92 Å². The lowest BCUT2D eigenvalue weighted by molar-refractivity contribution is 0.0694. The van der Waals surface area contributed by atoms with Crippen molar-refractivity contribution in [3.63, 3.8) is 0 Å². The van der Waals surface area contributed by atoms with E-state index in [4.69, 9.17) is 9.47 Å². The summed E-state index contributed by atoms with van der Waals surface area (Å²) in [5.74, 6) is 0.243. The molecule has 0 aliphatic rings. The summed E-state index contributed by atoms with van der Waals surface area (Å²) in [5.41, 5.74) is 1.12. The number of benzene rings is 2. The number of carbonyl (C=O) groups is 1. The number of aryl methyl sites for hydroxylation is 1. The van der Waals surface area contributed by atoms with Gasteiger partial charge in [-0.1, -0.05) is 22.0 Å². The van der Waals surface area contributed by atoms with Gasteiger partial charge in [0.25, 0.3) is 0 Å². The molecule has 0 atom stereocenters. The zero-order chi connectivity index (χ0) is 14.7. The summed E-state index contributed by atoms with van der Waals surface area (Å²) in [7, 11) is 1.54. The standard InChI is InChI=1S/C15H13BrO4/c1-9-3-6-12(14(7-9)19-2)20-13-8-10(16)4-5-11(13)15(17)18/h3-8H,1-2H3,(H,17,18). The Labute approximate surface area is 125 Å². The van der Waals surface area contributed by atoms with Gasteiger partial charge in [0.1, 0.15) is 11.3 Å². The Morgan fingerprint density at radius 3 is 2.50 bits per heavy atom. The zero-order valence-electron chi connectivity index (χ0n) is 11.0. The molecule has 0 aliphatic heterocycles. The van der Waals surface area contributed by atoms with Crippen molar-refractivity contribution in [1.82, 2.24) is 0 Å². The molecule has 0 bridgehead atoms. The molecule has 2 aromatic carbocycles. The summed E-state index contributed by atoms with van der Waals surface area (Å²) in [6.45, 7) is 1.94. The monoisotopic (exact) mass is 336 g/mol. The highest BCUT2D eigenvalue weighted by molar-refractivity contribution is 9.10. The summed E-state index contributed by atoms with van der Waals surface area (Å²) in [4.78, 5) is 11.2. The molecule has 0 fully saturated rings. The predicted molar refractivity (Wildman–Crippen MR) is 78.9 cm³/mol. The van der Waals surface area contributed by atoms with Crippen molar-refractivity contribution in [1.29, 1.82) is 0 Å². The molecular weight excluding hydrogens is 324 g/mol. The first-order chi connectivity index (χ1) is 9.51. The van der Waals surface area contributed by atoms with Crippen LogP contribution in [0, 0.1) is 6.92 Å². The van der Waals surface area contributed by atoms with Gasteiger partial charge in [-0.15, -0.1) is 0 Å². The molecule has 0 spiro atoms. The second kappa shape index (κ2) is 5.96. The Morgan fingerprint density at radius 1 is 1.10 bits per heavy atom. The Hall–Kier alpha value is -2.01. The van der Waals surface area contributed by atoms with Crippen LogP contribution in [0.5, 0.6) is 17.2 Å². The summed E-state index contributed by atoms with van der Waals surface area (Å²) < 4.78 is 11.7. The fourth-order valence-electron chi connectivity index (χ4n) is 1.73. The quantitative estimate of drug-likeness (QED) is 0.906.